The highest BCUT2D eigenvalue weighted by atomic mass is 35.5. The van der Waals surface area contributed by atoms with E-state index in [2.05, 4.69) is 10.4 Å². The molecule has 0 saturated heterocycles. The molecule has 116 valence electrons. The first-order valence-corrected chi connectivity index (χ1v) is 7.23. The lowest BCUT2D eigenvalue weighted by molar-refractivity contribution is 0.0936. The van der Waals surface area contributed by atoms with Gasteiger partial charge in [-0.2, -0.15) is 5.10 Å². The number of carbonyl (C=O) groups is 1. The number of nitrogens with one attached hydrogen (secondary N) is 1. The molecule has 1 aromatic heterocycles. The van der Waals surface area contributed by atoms with Gasteiger partial charge in [0.2, 0.25) is 0 Å². The Morgan fingerprint density at radius 2 is 2.32 bits per heavy atom. The van der Waals surface area contributed by atoms with Crippen LogP contribution in [0.15, 0.2) is 18.3 Å². The first-order chi connectivity index (χ1) is 10.5. The van der Waals surface area contributed by atoms with Crippen LogP contribution < -0.4 is 10.1 Å². The van der Waals surface area contributed by atoms with Gasteiger partial charge in [-0.3, -0.25) is 9.48 Å². The number of hydrogen-bond acceptors (Lipinski definition) is 3. The van der Waals surface area contributed by atoms with Crippen molar-refractivity contribution >= 4 is 17.5 Å². The summed E-state index contributed by atoms with van der Waals surface area (Å²) in [4.78, 5) is 12.3. The Morgan fingerprint density at radius 1 is 1.55 bits per heavy atom. The topological polar surface area (TPSA) is 56.1 Å². The molecule has 7 heteroatoms. The number of nitrogens with zero attached hydrogens (tertiary/aromatic N) is 2. The molecule has 1 unspecified atom stereocenters. The molecule has 22 heavy (non-hydrogen) atoms. The van der Waals surface area contributed by atoms with E-state index in [9.17, 15) is 9.18 Å². The maximum atomic E-state index is 13.7. The highest BCUT2D eigenvalue weighted by Crippen LogP contribution is 2.35. The monoisotopic (exact) mass is 323 g/mol. The van der Waals surface area contributed by atoms with E-state index < -0.39 is 0 Å². The predicted molar refractivity (Wildman–Crippen MR) is 79.7 cm³/mol. The molecule has 1 N–H and O–H groups in total. The fourth-order valence-corrected chi connectivity index (χ4v) is 2.90. The van der Waals surface area contributed by atoms with Crippen LogP contribution in [0.5, 0.6) is 5.75 Å². The quantitative estimate of drug-likeness (QED) is 0.944. The SMILES string of the molecule is COc1cc2c(cc1F)CCC2NC(=O)c1cnn(C)c1Cl. The first kappa shape index (κ1) is 14.8. The number of aryl methyl sites for hydroxylation is 2. The number of carbonyl (C=O) groups excluding carboxylic acids is 1. The Morgan fingerprint density at radius 3 is 2.95 bits per heavy atom. The second-order valence-electron chi connectivity index (χ2n) is 5.22. The van der Waals surface area contributed by atoms with Gasteiger partial charge in [0, 0.05) is 7.05 Å². The Labute approximate surface area is 132 Å². The number of benzene rings is 1. The van der Waals surface area contributed by atoms with Crippen molar-refractivity contribution in [3.63, 3.8) is 0 Å². The van der Waals surface area contributed by atoms with Crippen LogP contribution in [0.2, 0.25) is 5.15 Å². The predicted octanol–water partition coefficient (Wildman–Crippen LogP) is 2.64. The number of hydrogen-bond donors (Lipinski definition) is 1. The summed E-state index contributed by atoms with van der Waals surface area (Å²) in [6.07, 6.45) is 2.85. The Bertz CT molecular complexity index is 745. The standard InChI is InChI=1S/C15H15ClFN3O2/c1-20-14(16)10(7-18-20)15(21)19-12-4-3-8-5-11(17)13(22-2)6-9(8)12/h5-7,12H,3-4H2,1-2H3,(H,19,21). The molecule has 0 aliphatic heterocycles. The summed E-state index contributed by atoms with van der Waals surface area (Å²) in [7, 11) is 3.08. The highest BCUT2D eigenvalue weighted by molar-refractivity contribution is 6.32. The summed E-state index contributed by atoms with van der Waals surface area (Å²) in [5.41, 5.74) is 2.10. The van der Waals surface area contributed by atoms with E-state index >= 15 is 0 Å². The Kier molecular flexibility index (Phi) is 3.78. The first-order valence-electron chi connectivity index (χ1n) is 6.86. The summed E-state index contributed by atoms with van der Waals surface area (Å²) in [5, 5.41) is 7.16. The number of amides is 1. The van der Waals surface area contributed by atoms with Gasteiger partial charge >= 0.3 is 0 Å². The molecule has 1 atom stereocenters. The second kappa shape index (κ2) is 5.61. The van der Waals surface area contributed by atoms with Gasteiger partial charge in [0.1, 0.15) is 5.15 Å². The number of rotatable bonds is 3. The molecule has 1 heterocycles. The molecule has 0 spiro atoms. The van der Waals surface area contributed by atoms with Crippen molar-refractivity contribution in [1.82, 2.24) is 15.1 Å². The largest absolute Gasteiger partial charge is 0.494 e. The van der Waals surface area contributed by atoms with Gasteiger partial charge in [-0.25, -0.2) is 4.39 Å². The van der Waals surface area contributed by atoms with Gasteiger partial charge in [-0.1, -0.05) is 11.6 Å². The number of methoxy groups -OCH3 is 1. The van der Waals surface area contributed by atoms with E-state index in [1.54, 1.807) is 13.1 Å². The average molecular weight is 324 g/mol. The molecule has 2 aromatic rings. The fraction of sp³-hybridized carbons (Fsp3) is 0.333. The Balaban J connectivity index is 1.84. The van der Waals surface area contributed by atoms with Crippen LogP contribution in [-0.4, -0.2) is 22.8 Å². The second-order valence-corrected chi connectivity index (χ2v) is 5.58. The summed E-state index contributed by atoms with van der Waals surface area (Å²) >= 11 is 6.03. The molecule has 1 aliphatic carbocycles. The van der Waals surface area contributed by atoms with E-state index in [0.29, 0.717) is 18.4 Å². The third-order valence-electron chi connectivity index (χ3n) is 3.91. The summed E-state index contributed by atoms with van der Waals surface area (Å²) < 4.78 is 20.2. The van der Waals surface area contributed by atoms with Gasteiger partial charge in [-0.05, 0) is 36.1 Å². The van der Waals surface area contributed by atoms with E-state index in [-0.39, 0.29) is 28.7 Å². The normalized spacial score (nSPS) is 16.5. The lowest BCUT2D eigenvalue weighted by atomic mass is 10.1. The molecule has 3 rings (SSSR count). The van der Waals surface area contributed by atoms with Gasteiger partial charge < -0.3 is 10.1 Å². The maximum absolute atomic E-state index is 13.7. The zero-order valence-corrected chi connectivity index (χ0v) is 12.9. The van der Waals surface area contributed by atoms with E-state index in [1.807, 2.05) is 0 Å². The van der Waals surface area contributed by atoms with E-state index in [0.717, 1.165) is 11.1 Å². The fourth-order valence-electron chi connectivity index (χ4n) is 2.72. The molecule has 1 amide bonds. The lowest BCUT2D eigenvalue weighted by Gasteiger charge is -2.15. The molecule has 0 radical (unpaired) electrons. The lowest BCUT2D eigenvalue weighted by Crippen LogP contribution is -2.27. The van der Waals surface area contributed by atoms with Crippen molar-refractivity contribution in [3.05, 3.63) is 46.0 Å². The molecular weight excluding hydrogens is 309 g/mol. The maximum Gasteiger partial charge on any atom is 0.256 e. The minimum Gasteiger partial charge on any atom is -0.494 e. The molecular formula is C15H15ClFN3O2. The summed E-state index contributed by atoms with van der Waals surface area (Å²) in [6, 6.07) is 2.93. The highest BCUT2D eigenvalue weighted by Gasteiger charge is 2.27. The number of ether oxygens (including phenoxy) is 1. The zero-order valence-electron chi connectivity index (χ0n) is 12.2. The smallest absolute Gasteiger partial charge is 0.256 e. The van der Waals surface area contributed by atoms with Crippen LogP contribution in [0.1, 0.15) is 33.9 Å². The van der Waals surface area contributed by atoms with Crippen molar-refractivity contribution in [2.24, 2.45) is 7.05 Å². The number of fused-ring (bicyclic) bond motifs is 1. The summed E-state index contributed by atoms with van der Waals surface area (Å²) in [5.74, 6) is -0.498. The number of aromatic nitrogens is 2. The third-order valence-corrected chi connectivity index (χ3v) is 4.36. The average Bonchev–Trinajstić information content (AvgIpc) is 3.03. The molecule has 5 nitrogen and oxygen atoms in total. The molecule has 0 bridgehead atoms. The van der Waals surface area contributed by atoms with Crippen molar-refractivity contribution in [3.8, 4) is 5.75 Å². The van der Waals surface area contributed by atoms with Crippen molar-refractivity contribution in [2.45, 2.75) is 18.9 Å². The van der Waals surface area contributed by atoms with Gasteiger partial charge in [0.05, 0.1) is 24.9 Å². The minimum atomic E-state index is -0.386. The van der Waals surface area contributed by atoms with E-state index in [1.165, 1.54) is 24.1 Å². The van der Waals surface area contributed by atoms with Crippen LogP contribution in [-0.2, 0) is 13.5 Å². The number of halogens is 2. The van der Waals surface area contributed by atoms with Crippen LogP contribution in [0, 0.1) is 5.82 Å². The third kappa shape index (κ3) is 2.43. The van der Waals surface area contributed by atoms with Crippen LogP contribution in [0.25, 0.3) is 0 Å². The molecule has 0 fully saturated rings. The van der Waals surface area contributed by atoms with E-state index in [4.69, 9.17) is 16.3 Å². The van der Waals surface area contributed by atoms with Gasteiger partial charge in [0.25, 0.3) is 5.91 Å². The van der Waals surface area contributed by atoms with Crippen LogP contribution in [0.4, 0.5) is 4.39 Å². The van der Waals surface area contributed by atoms with Crippen molar-refractivity contribution in [2.75, 3.05) is 7.11 Å². The van der Waals surface area contributed by atoms with Crippen molar-refractivity contribution < 1.29 is 13.9 Å². The van der Waals surface area contributed by atoms with Crippen LogP contribution >= 0.6 is 11.6 Å². The zero-order chi connectivity index (χ0) is 15.9. The molecule has 0 saturated carbocycles. The van der Waals surface area contributed by atoms with Crippen LogP contribution in [0.3, 0.4) is 0 Å². The van der Waals surface area contributed by atoms with Gasteiger partial charge in [-0.15, -0.1) is 0 Å². The Hall–Kier alpha value is -2.08. The van der Waals surface area contributed by atoms with Gasteiger partial charge in [0.15, 0.2) is 11.6 Å². The minimum absolute atomic E-state index is 0.180. The van der Waals surface area contributed by atoms with Crippen molar-refractivity contribution in [1.29, 1.82) is 0 Å². The molecule has 1 aliphatic rings. The summed E-state index contributed by atoms with van der Waals surface area (Å²) in [6.45, 7) is 0. The molecule has 1 aromatic carbocycles.